The Morgan fingerprint density at radius 2 is 1.79 bits per heavy atom. The number of aromatic nitrogens is 1. The summed E-state index contributed by atoms with van der Waals surface area (Å²) in [6, 6.07) is 19.1. The average molecular weight is 248 g/mol. The van der Waals surface area contributed by atoms with Gasteiger partial charge in [0.1, 0.15) is 0 Å². The molecule has 0 aliphatic heterocycles. The Balaban J connectivity index is 1.76. The van der Waals surface area contributed by atoms with E-state index in [1.807, 2.05) is 19.2 Å². The summed E-state index contributed by atoms with van der Waals surface area (Å²) in [4.78, 5) is 4.28. The van der Waals surface area contributed by atoms with Gasteiger partial charge in [0, 0.05) is 12.2 Å². The molecule has 0 saturated heterocycles. The standard InChI is InChI=1S/C17H16N2/c1-13-6-9-17(12-18-13)19-11-14-7-8-15-4-2-3-5-16(15)10-14/h2-10,12,19H,11H2,1H3. The van der Waals surface area contributed by atoms with E-state index < -0.39 is 0 Å². The van der Waals surface area contributed by atoms with Gasteiger partial charge in [-0.1, -0.05) is 36.4 Å². The molecule has 2 aromatic carbocycles. The molecule has 1 aromatic heterocycles. The number of nitrogens with zero attached hydrogens (tertiary/aromatic N) is 1. The maximum atomic E-state index is 4.28. The highest BCUT2D eigenvalue weighted by Crippen LogP contribution is 2.16. The molecule has 94 valence electrons. The molecule has 3 aromatic rings. The normalized spacial score (nSPS) is 10.6. The topological polar surface area (TPSA) is 24.9 Å². The molecule has 1 heterocycles. The van der Waals surface area contributed by atoms with Crippen LogP contribution in [0.2, 0.25) is 0 Å². The van der Waals surface area contributed by atoms with Gasteiger partial charge < -0.3 is 5.32 Å². The predicted octanol–water partition coefficient (Wildman–Crippen LogP) is 4.16. The maximum Gasteiger partial charge on any atom is 0.0529 e. The van der Waals surface area contributed by atoms with Crippen LogP contribution >= 0.6 is 0 Å². The van der Waals surface area contributed by atoms with Crippen molar-refractivity contribution >= 4 is 16.5 Å². The summed E-state index contributed by atoms with van der Waals surface area (Å²) in [5, 5.41) is 5.95. The predicted molar refractivity (Wildman–Crippen MR) is 80.2 cm³/mol. The van der Waals surface area contributed by atoms with Crippen molar-refractivity contribution in [3.8, 4) is 0 Å². The van der Waals surface area contributed by atoms with Crippen molar-refractivity contribution in [2.24, 2.45) is 0 Å². The minimum Gasteiger partial charge on any atom is -0.380 e. The van der Waals surface area contributed by atoms with Crippen molar-refractivity contribution in [1.82, 2.24) is 4.98 Å². The Kier molecular flexibility index (Phi) is 3.15. The second-order valence-electron chi connectivity index (χ2n) is 4.72. The van der Waals surface area contributed by atoms with Crippen LogP contribution in [-0.4, -0.2) is 4.98 Å². The molecule has 0 amide bonds. The SMILES string of the molecule is Cc1ccc(NCc2ccc3ccccc3c2)cn1. The lowest BCUT2D eigenvalue weighted by molar-refractivity contribution is 1.13. The summed E-state index contributed by atoms with van der Waals surface area (Å²) in [5.41, 5.74) is 3.37. The first-order chi connectivity index (χ1) is 9.31. The lowest BCUT2D eigenvalue weighted by Crippen LogP contribution is -1.99. The van der Waals surface area contributed by atoms with Crippen LogP contribution in [-0.2, 0) is 6.54 Å². The molecule has 0 radical (unpaired) electrons. The van der Waals surface area contributed by atoms with Crippen molar-refractivity contribution in [2.75, 3.05) is 5.32 Å². The molecular formula is C17H16N2. The zero-order valence-corrected chi connectivity index (χ0v) is 10.9. The van der Waals surface area contributed by atoms with E-state index in [4.69, 9.17) is 0 Å². The number of anilines is 1. The molecule has 0 atom stereocenters. The highest BCUT2D eigenvalue weighted by molar-refractivity contribution is 5.83. The molecular weight excluding hydrogens is 232 g/mol. The summed E-state index contributed by atoms with van der Waals surface area (Å²) >= 11 is 0. The summed E-state index contributed by atoms with van der Waals surface area (Å²) < 4.78 is 0. The third-order valence-corrected chi connectivity index (χ3v) is 3.22. The third kappa shape index (κ3) is 2.74. The van der Waals surface area contributed by atoms with Gasteiger partial charge in [0.25, 0.3) is 0 Å². The Morgan fingerprint density at radius 1 is 0.947 bits per heavy atom. The van der Waals surface area contributed by atoms with E-state index >= 15 is 0 Å². The second-order valence-corrected chi connectivity index (χ2v) is 4.72. The van der Waals surface area contributed by atoms with Gasteiger partial charge in [-0.25, -0.2) is 0 Å². The van der Waals surface area contributed by atoms with Crippen LogP contribution in [0.3, 0.4) is 0 Å². The monoisotopic (exact) mass is 248 g/mol. The van der Waals surface area contributed by atoms with Crippen molar-refractivity contribution in [3.05, 3.63) is 72.1 Å². The molecule has 2 nitrogen and oxygen atoms in total. The number of fused-ring (bicyclic) bond motifs is 1. The van der Waals surface area contributed by atoms with Crippen molar-refractivity contribution in [1.29, 1.82) is 0 Å². The highest BCUT2D eigenvalue weighted by atomic mass is 14.9. The summed E-state index contributed by atoms with van der Waals surface area (Å²) in [6.07, 6.45) is 1.87. The van der Waals surface area contributed by atoms with Crippen molar-refractivity contribution in [3.63, 3.8) is 0 Å². The number of hydrogen-bond acceptors (Lipinski definition) is 2. The number of hydrogen-bond donors (Lipinski definition) is 1. The van der Waals surface area contributed by atoms with Crippen LogP contribution in [0.4, 0.5) is 5.69 Å². The first kappa shape index (κ1) is 11.7. The van der Waals surface area contributed by atoms with E-state index in [0.29, 0.717) is 0 Å². The Morgan fingerprint density at radius 3 is 2.58 bits per heavy atom. The van der Waals surface area contributed by atoms with Crippen LogP contribution in [0, 0.1) is 6.92 Å². The quantitative estimate of drug-likeness (QED) is 0.753. The zero-order chi connectivity index (χ0) is 13.1. The maximum absolute atomic E-state index is 4.28. The van der Waals surface area contributed by atoms with Crippen LogP contribution in [0.15, 0.2) is 60.8 Å². The van der Waals surface area contributed by atoms with E-state index in [1.54, 1.807) is 0 Å². The minimum atomic E-state index is 0.815. The molecule has 19 heavy (non-hydrogen) atoms. The van der Waals surface area contributed by atoms with E-state index in [-0.39, 0.29) is 0 Å². The first-order valence-electron chi connectivity index (χ1n) is 6.45. The van der Waals surface area contributed by atoms with Gasteiger partial charge in [-0.2, -0.15) is 0 Å². The van der Waals surface area contributed by atoms with Crippen LogP contribution in [0.1, 0.15) is 11.3 Å². The molecule has 0 bridgehead atoms. The molecule has 0 aliphatic rings. The number of aryl methyl sites for hydroxylation is 1. The van der Waals surface area contributed by atoms with Crippen LogP contribution in [0.25, 0.3) is 10.8 Å². The van der Waals surface area contributed by atoms with Gasteiger partial charge in [-0.3, -0.25) is 4.98 Å². The fourth-order valence-electron chi connectivity index (χ4n) is 2.13. The van der Waals surface area contributed by atoms with Gasteiger partial charge in [0.2, 0.25) is 0 Å². The van der Waals surface area contributed by atoms with Crippen molar-refractivity contribution in [2.45, 2.75) is 13.5 Å². The molecule has 3 rings (SSSR count). The smallest absolute Gasteiger partial charge is 0.0529 e. The average Bonchev–Trinajstić information content (AvgIpc) is 2.46. The van der Waals surface area contributed by atoms with E-state index in [2.05, 4.69) is 58.8 Å². The molecule has 0 fully saturated rings. The van der Waals surface area contributed by atoms with Crippen molar-refractivity contribution < 1.29 is 0 Å². The van der Waals surface area contributed by atoms with Gasteiger partial charge >= 0.3 is 0 Å². The fourth-order valence-corrected chi connectivity index (χ4v) is 2.13. The van der Waals surface area contributed by atoms with Crippen LogP contribution in [0.5, 0.6) is 0 Å². The summed E-state index contributed by atoms with van der Waals surface area (Å²) in [7, 11) is 0. The Bertz CT molecular complexity index is 687. The Hall–Kier alpha value is -2.35. The molecule has 0 saturated carbocycles. The van der Waals surface area contributed by atoms with E-state index in [1.165, 1.54) is 16.3 Å². The summed E-state index contributed by atoms with van der Waals surface area (Å²) in [5.74, 6) is 0. The lowest BCUT2D eigenvalue weighted by Gasteiger charge is -2.07. The highest BCUT2D eigenvalue weighted by Gasteiger charge is 1.97. The zero-order valence-electron chi connectivity index (χ0n) is 10.9. The second kappa shape index (κ2) is 5.11. The van der Waals surface area contributed by atoms with E-state index in [9.17, 15) is 0 Å². The molecule has 0 spiro atoms. The number of rotatable bonds is 3. The van der Waals surface area contributed by atoms with Gasteiger partial charge in [-0.05, 0) is 41.5 Å². The first-order valence-corrected chi connectivity index (χ1v) is 6.45. The molecule has 1 N–H and O–H groups in total. The largest absolute Gasteiger partial charge is 0.380 e. The fraction of sp³-hybridized carbons (Fsp3) is 0.118. The van der Waals surface area contributed by atoms with E-state index in [0.717, 1.165) is 17.9 Å². The van der Waals surface area contributed by atoms with Crippen LogP contribution < -0.4 is 5.32 Å². The van der Waals surface area contributed by atoms with Gasteiger partial charge in [0.05, 0.1) is 11.9 Å². The lowest BCUT2D eigenvalue weighted by atomic mass is 10.1. The number of nitrogens with one attached hydrogen (secondary N) is 1. The number of benzene rings is 2. The molecule has 2 heteroatoms. The Labute approximate surface area is 113 Å². The molecule has 0 aliphatic carbocycles. The number of pyridine rings is 1. The minimum absolute atomic E-state index is 0.815. The van der Waals surface area contributed by atoms with Gasteiger partial charge in [0.15, 0.2) is 0 Å². The summed E-state index contributed by atoms with van der Waals surface area (Å²) in [6.45, 7) is 2.81. The third-order valence-electron chi connectivity index (χ3n) is 3.22. The van der Waals surface area contributed by atoms with Gasteiger partial charge in [-0.15, -0.1) is 0 Å². The molecule has 0 unspecified atom stereocenters.